The van der Waals surface area contributed by atoms with Crippen molar-refractivity contribution in [2.75, 3.05) is 7.11 Å². The normalized spacial score (nSPS) is 17.6. The number of hydrogen-bond acceptors (Lipinski definition) is 4. The molecule has 4 heteroatoms. The first-order valence-corrected chi connectivity index (χ1v) is 6.27. The van der Waals surface area contributed by atoms with Gasteiger partial charge in [-0.25, -0.2) is 9.79 Å². The first kappa shape index (κ1) is 12.4. The second-order valence-electron chi connectivity index (χ2n) is 4.37. The van der Waals surface area contributed by atoms with Gasteiger partial charge in [0.2, 0.25) is 5.90 Å². The number of aliphatic imine (C=N–C) groups is 1. The molecule has 1 heterocycles. The SMILES string of the molecule is COc1ccccc1C1N=C(c2ccccc2)OC1=O. The van der Waals surface area contributed by atoms with Crippen molar-refractivity contribution >= 4 is 11.9 Å². The molecule has 2 aromatic rings. The molecule has 0 radical (unpaired) electrons. The Kier molecular flexibility index (Phi) is 3.21. The quantitative estimate of drug-likeness (QED) is 0.803. The van der Waals surface area contributed by atoms with Gasteiger partial charge in [-0.15, -0.1) is 0 Å². The number of ether oxygens (including phenoxy) is 2. The summed E-state index contributed by atoms with van der Waals surface area (Å²) in [6, 6.07) is 16.0. The molecule has 1 aliphatic rings. The van der Waals surface area contributed by atoms with Crippen molar-refractivity contribution in [2.45, 2.75) is 6.04 Å². The van der Waals surface area contributed by atoms with E-state index < -0.39 is 6.04 Å². The lowest BCUT2D eigenvalue weighted by Gasteiger charge is -2.09. The number of rotatable bonds is 3. The average Bonchev–Trinajstić information content (AvgIpc) is 2.90. The molecular weight excluding hydrogens is 254 g/mol. The maximum absolute atomic E-state index is 12.0. The van der Waals surface area contributed by atoms with E-state index in [1.54, 1.807) is 13.2 Å². The van der Waals surface area contributed by atoms with E-state index >= 15 is 0 Å². The number of hydrogen-bond donors (Lipinski definition) is 0. The van der Waals surface area contributed by atoms with E-state index in [1.807, 2.05) is 48.5 Å². The van der Waals surface area contributed by atoms with Crippen LogP contribution in [0.25, 0.3) is 0 Å². The van der Waals surface area contributed by atoms with Crippen LogP contribution in [-0.4, -0.2) is 19.0 Å². The zero-order valence-electron chi connectivity index (χ0n) is 10.9. The number of para-hydroxylation sites is 1. The summed E-state index contributed by atoms with van der Waals surface area (Å²) >= 11 is 0. The Morgan fingerprint density at radius 1 is 1.05 bits per heavy atom. The molecule has 20 heavy (non-hydrogen) atoms. The summed E-state index contributed by atoms with van der Waals surface area (Å²) in [5.41, 5.74) is 1.50. The zero-order valence-corrected chi connectivity index (χ0v) is 10.9. The highest BCUT2D eigenvalue weighted by molar-refractivity contribution is 6.06. The third-order valence-electron chi connectivity index (χ3n) is 3.12. The summed E-state index contributed by atoms with van der Waals surface area (Å²) < 4.78 is 10.5. The Labute approximate surface area is 116 Å². The van der Waals surface area contributed by atoms with Gasteiger partial charge in [0.05, 0.1) is 7.11 Å². The van der Waals surface area contributed by atoms with Crippen LogP contribution in [0.3, 0.4) is 0 Å². The summed E-state index contributed by atoms with van der Waals surface area (Å²) in [4.78, 5) is 16.4. The van der Waals surface area contributed by atoms with E-state index in [2.05, 4.69) is 4.99 Å². The first-order chi connectivity index (χ1) is 9.79. The van der Waals surface area contributed by atoms with E-state index in [1.165, 1.54) is 0 Å². The monoisotopic (exact) mass is 267 g/mol. The van der Waals surface area contributed by atoms with Gasteiger partial charge in [-0.3, -0.25) is 0 Å². The Morgan fingerprint density at radius 3 is 2.50 bits per heavy atom. The molecule has 3 rings (SSSR count). The van der Waals surface area contributed by atoms with Crippen LogP contribution >= 0.6 is 0 Å². The lowest BCUT2D eigenvalue weighted by molar-refractivity contribution is -0.135. The number of methoxy groups -OCH3 is 1. The molecule has 0 amide bonds. The van der Waals surface area contributed by atoms with E-state index in [-0.39, 0.29) is 5.97 Å². The summed E-state index contributed by atoms with van der Waals surface area (Å²) in [6.45, 7) is 0. The summed E-state index contributed by atoms with van der Waals surface area (Å²) in [5.74, 6) is 0.604. The van der Waals surface area contributed by atoms with Crippen molar-refractivity contribution in [2.24, 2.45) is 4.99 Å². The number of benzene rings is 2. The smallest absolute Gasteiger partial charge is 0.342 e. The highest BCUT2D eigenvalue weighted by Gasteiger charge is 2.32. The lowest BCUT2D eigenvalue weighted by Crippen LogP contribution is -2.09. The molecule has 4 nitrogen and oxygen atoms in total. The Bertz CT molecular complexity index is 664. The van der Waals surface area contributed by atoms with Crippen LogP contribution in [0.5, 0.6) is 5.75 Å². The van der Waals surface area contributed by atoms with Crippen molar-refractivity contribution in [1.82, 2.24) is 0 Å². The van der Waals surface area contributed by atoms with Crippen molar-refractivity contribution in [3.63, 3.8) is 0 Å². The van der Waals surface area contributed by atoms with Gasteiger partial charge in [-0.1, -0.05) is 36.4 Å². The molecule has 0 spiro atoms. The molecule has 1 atom stereocenters. The number of carbonyl (C=O) groups excluding carboxylic acids is 1. The second kappa shape index (κ2) is 5.17. The Hall–Kier alpha value is -2.62. The zero-order chi connectivity index (χ0) is 13.9. The molecule has 0 bridgehead atoms. The molecule has 0 aromatic heterocycles. The van der Waals surface area contributed by atoms with E-state index in [0.29, 0.717) is 17.2 Å². The molecule has 0 fully saturated rings. The number of nitrogens with zero attached hydrogens (tertiary/aromatic N) is 1. The van der Waals surface area contributed by atoms with Crippen LogP contribution in [0, 0.1) is 0 Å². The number of carbonyl (C=O) groups is 1. The van der Waals surface area contributed by atoms with Gasteiger partial charge in [-0.05, 0) is 18.2 Å². The fourth-order valence-electron chi connectivity index (χ4n) is 2.15. The molecule has 1 aliphatic heterocycles. The molecule has 1 unspecified atom stereocenters. The molecule has 2 aromatic carbocycles. The second-order valence-corrected chi connectivity index (χ2v) is 4.37. The fraction of sp³-hybridized carbons (Fsp3) is 0.125. The van der Waals surface area contributed by atoms with Crippen molar-refractivity contribution in [3.8, 4) is 5.75 Å². The van der Waals surface area contributed by atoms with Gasteiger partial charge in [0.15, 0.2) is 6.04 Å². The molecule has 0 saturated carbocycles. The van der Waals surface area contributed by atoms with Crippen molar-refractivity contribution < 1.29 is 14.3 Å². The van der Waals surface area contributed by atoms with E-state index in [9.17, 15) is 4.79 Å². The molecular formula is C16H13NO3. The molecule has 0 N–H and O–H groups in total. The standard InChI is InChI=1S/C16H13NO3/c1-19-13-10-6-5-9-12(13)14-16(18)20-15(17-14)11-7-3-2-4-8-11/h2-10,14H,1H3. The van der Waals surface area contributed by atoms with Crippen LogP contribution < -0.4 is 4.74 Å². The van der Waals surface area contributed by atoms with E-state index in [0.717, 1.165) is 5.56 Å². The van der Waals surface area contributed by atoms with Gasteiger partial charge in [0, 0.05) is 11.1 Å². The third kappa shape index (κ3) is 2.16. The molecule has 0 aliphatic carbocycles. The third-order valence-corrected chi connectivity index (χ3v) is 3.12. The van der Waals surface area contributed by atoms with Crippen LogP contribution in [0.2, 0.25) is 0 Å². The number of esters is 1. The van der Waals surface area contributed by atoms with Crippen molar-refractivity contribution in [3.05, 3.63) is 65.7 Å². The summed E-state index contributed by atoms with van der Waals surface area (Å²) in [5, 5.41) is 0. The highest BCUT2D eigenvalue weighted by Crippen LogP contribution is 2.32. The fourth-order valence-corrected chi connectivity index (χ4v) is 2.15. The average molecular weight is 267 g/mol. The van der Waals surface area contributed by atoms with Crippen LogP contribution in [0.1, 0.15) is 17.2 Å². The predicted molar refractivity (Wildman–Crippen MR) is 74.8 cm³/mol. The Morgan fingerprint density at radius 2 is 1.75 bits per heavy atom. The van der Waals surface area contributed by atoms with Gasteiger partial charge in [-0.2, -0.15) is 0 Å². The van der Waals surface area contributed by atoms with E-state index in [4.69, 9.17) is 9.47 Å². The maximum Gasteiger partial charge on any atom is 0.342 e. The Balaban J connectivity index is 1.99. The van der Waals surface area contributed by atoms with Crippen LogP contribution in [-0.2, 0) is 9.53 Å². The van der Waals surface area contributed by atoms with Crippen LogP contribution in [0.4, 0.5) is 0 Å². The predicted octanol–water partition coefficient (Wildman–Crippen LogP) is 2.74. The van der Waals surface area contributed by atoms with Gasteiger partial charge < -0.3 is 9.47 Å². The topological polar surface area (TPSA) is 47.9 Å². The van der Waals surface area contributed by atoms with Gasteiger partial charge in [0.1, 0.15) is 5.75 Å². The van der Waals surface area contributed by atoms with Crippen LogP contribution in [0.15, 0.2) is 59.6 Å². The highest BCUT2D eigenvalue weighted by atomic mass is 16.6. The van der Waals surface area contributed by atoms with Gasteiger partial charge >= 0.3 is 5.97 Å². The van der Waals surface area contributed by atoms with Crippen molar-refractivity contribution in [1.29, 1.82) is 0 Å². The number of cyclic esters (lactones) is 1. The molecule has 0 saturated heterocycles. The molecule has 100 valence electrons. The maximum atomic E-state index is 12.0. The minimum atomic E-state index is -0.665. The first-order valence-electron chi connectivity index (χ1n) is 6.27. The summed E-state index contributed by atoms with van der Waals surface area (Å²) in [7, 11) is 1.57. The summed E-state index contributed by atoms with van der Waals surface area (Å²) in [6.07, 6.45) is 0. The van der Waals surface area contributed by atoms with Gasteiger partial charge in [0.25, 0.3) is 0 Å². The minimum Gasteiger partial charge on any atom is -0.496 e. The minimum absolute atomic E-state index is 0.353. The lowest BCUT2D eigenvalue weighted by atomic mass is 10.1. The largest absolute Gasteiger partial charge is 0.496 e.